The largest absolute Gasteiger partial charge is 0.318 e. The van der Waals surface area contributed by atoms with Crippen molar-refractivity contribution >= 4 is 22.6 Å². The molecule has 1 aromatic heterocycles. The van der Waals surface area contributed by atoms with Crippen LogP contribution in [0.1, 0.15) is 23.9 Å². The van der Waals surface area contributed by atoms with Crippen molar-refractivity contribution in [3.05, 3.63) is 53.1 Å². The van der Waals surface area contributed by atoms with E-state index in [2.05, 4.69) is 33.1 Å². The molecule has 2 aromatic rings. The minimum absolute atomic E-state index is 0.226. The molecular weight excluding hydrogens is 311 g/mol. The molecule has 0 spiro atoms. The Balaban J connectivity index is 1.96. The first-order valence-corrected chi connectivity index (χ1v) is 8.53. The van der Waals surface area contributed by atoms with Crippen LogP contribution in [-0.4, -0.2) is 27.7 Å². The molecule has 1 N–H and O–H groups in total. The number of halogens is 1. The molecule has 0 radical (unpaired) electrons. The summed E-state index contributed by atoms with van der Waals surface area (Å²) in [6, 6.07) is 8.68. The lowest BCUT2D eigenvalue weighted by molar-refractivity contribution is 0.627. The van der Waals surface area contributed by atoms with E-state index in [1.54, 1.807) is 23.9 Å². The number of hydrazone groups is 1. The predicted molar refractivity (Wildman–Crippen MR) is 95.3 cm³/mol. The van der Waals surface area contributed by atoms with Gasteiger partial charge < -0.3 is 4.57 Å². The number of aliphatic imine (C=N–C) groups is 1. The van der Waals surface area contributed by atoms with E-state index in [0.29, 0.717) is 0 Å². The highest BCUT2D eigenvalue weighted by atomic mass is 32.2. The summed E-state index contributed by atoms with van der Waals surface area (Å²) in [7, 11) is 0. The van der Waals surface area contributed by atoms with Gasteiger partial charge in [0.1, 0.15) is 5.82 Å². The Morgan fingerprint density at radius 3 is 2.65 bits per heavy atom. The van der Waals surface area contributed by atoms with Crippen LogP contribution >= 0.6 is 11.8 Å². The molecule has 3 rings (SSSR count). The molecule has 0 unspecified atom stereocenters. The highest BCUT2D eigenvalue weighted by molar-refractivity contribution is 8.14. The maximum absolute atomic E-state index is 13.1. The van der Waals surface area contributed by atoms with Crippen molar-refractivity contribution in [2.75, 3.05) is 12.3 Å². The third-order valence-electron chi connectivity index (χ3n) is 3.76. The summed E-state index contributed by atoms with van der Waals surface area (Å²) in [6.07, 6.45) is 0. The number of hydrogen-bond donors (Lipinski definition) is 1. The summed E-state index contributed by atoms with van der Waals surface area (Å²) in [5.74, 6) is 0.566. The summed E-state index contributed by atoms with van der Waals surface area (Å²) in [4.78, 5) is 4.33. The Morgan fingerprint density at radius 1 is 1.30 bits per heavy atom. The predicted octanol–water partition coefficient (Wildman–Crippen LogP) is 3.65. The minimum atomic E-state index is -0.226. The molecule has 0 aliphatic carbocycles. The number of nitrogens with one attached hydrogen (secondary N) is 1. The number of hydrogen-bond acceptors (Lipinski definition) is 3. The van der Waals surface area contributed by atoms with Crippen LogP contribution < -0.4 is 5.43 Å². The van der Waals surface area contributed by atoms with Crippen LogP contribution in [0.3, 0.4) is 0 Å². The molecule has 0 saturated carbocycles. The average Bonchev–Trinajstić information content (AvgIpc) is 2.84. The molecule has 6 heteroatoms. The van der Waals surface area contributed by atoms with Crippen LogP contribution in [0.15, 0.2) is 40.4 Å². The fourth-order valence-electron chi connectivity index (χ4n) is 2.72. The van der Waals surface area contributed by atoms with E-state index in [9.17, 15) is 4.39 Å². The molecule has 0 fully saturated rings. The van der Waals surface area contributed by atoms with E-state index in [4.69, 9.17) is 0 Å². The molecule has 1 aliphatic heterocycles. The van der Waals surface area contributed by atoms with Crippen LogP contribution in [0.25, 0.3) is 5.69 Å². The topological polar surface area (TPSA) is 41.7 Å². The number of amidine groups is 1. The lowest BCUT2D eigenvalue weighted by atomic mass is 10.1. The van der Waals surface area contributed by atoms with Gasteiger partial charge in [-0.05, 0) is 51.1 Å². The number of aromatic nitrogens is 1. The van der Waals surface area contributed by atoms with Gasteiger partial charge in [0.15, 0.2) is 5.17 Å². The van der Waals surface area contributed by atoms with Crippen molar-refractivity contribution < 1.29 is 4.39 Å². The molecule has 120 valence electrons. The van der Waals surface area contributed by atoms with Crippen molar-refractivity contribution in [3.8, 4) is 5.69 Å². The number of thioether (sulfide) groups is 1. The number of rotatable bonds is 3. The van der Waals surface area contributed by atoms with Gasteiger partial charge in [-0.25, -0.2) is 4.39 Å². The van der Waals surface area contributed by atoms with Crippen LogP contribution in [-0.2, 0) is 0 Å². The van der Waals surface area contributed by atoms with Gasteiger partial charge in [-0.2, -0.15) is 5.10 Å². The van der Waals surface area contributed by atoms with E-state index in [-0.39, 0.29) is 5.82 Å². The second kappa shape index (κ2) is 6.58. The normalized spacial score (nSPS) is 16.3. The Kier molecular flexibility index (Phi) is 4.52. The first-order chi connectivity index (χ1) is 11.1. The highest BCUT2D eigenvalue weighted by Crippen LogP contribution is 2.24. The van der Waals surface area contributed by atoms with Crippen molar-refractivity contribution in [1.82, 2.24) is 9.99 Å². The van der Waals surface area contributed by atoms with Gasteiger partial charge in [0.05, 0.1) is 5.71 Å². The smallest absolute Gasteiger partial charge is 0.177 e. The first kappa shape index (κ1) is 15.8. The Hall–Kier alpha value is -2.08. The minimum Gasteiger partial charge on any atom is -0.318 e. The van der Waals surface area contributed by atoms with E-state index < -0.39 is 0 Å². The third kappa shape index (κ3) is 3.17. The fourth-order valence-corrected chi connectivity index (χ4v) is 3.55. The van der Waals surface area contributed by atoms with Gasteiger partial charge >= 0.3 is 0 Å². The number of benzene rings is 1. The van der Waals surface area contributed by atoms with Crippen molar-refractivity contribution in [1.29, 1.82) is 0 Å². The van der Waals surface area contributed by atoms with Crippen LogP contribution in [0.2, 0.25) is 0 Å². The number of nitrogens with zero attached hydrogens (tertiary/aromatic N) is 3. The van der Waals surface area contributed by atoms with E-state index in [1.165, 1.54) is 12.1 Å². The highest BCUT2D eigenvalue weighted by Gasteiger charge is 2.19. The second-order valence-corrected chi connectivity index (χ2v) is 6.30. The quantitative estimate of drug-likeness (QED) is 0.933. The fraction of sp³-hybridized carbons (Fsp3) is 0.294. The third-order valence-corrected chi connectivity index (χ3v) is 4.67. The van der Waals surface area contributed by atoms with Crippen LogP contribution in [0.4, 0.5) is 4.39 Å². The summed E-state index contributed by atoms with van der Waals surface area (Å²) in [6.45, 7) is 6.87. The molecule has 0 atom stereocenters. The Morgan fingerprint density at radius 2 is 2.04 bits per heavy atom. The molecule has 1 aromatic carbocycles. The summed E-state index contributed by atoms with van der Waals surface area (Å²) < 4.78 is 15.3. The second-order valence-electron chi connectivity index (χ2n) is 5.34. The van der Waals surface area contributed by atoms with E-state index in [1.807, 2.05) is 13.8 Å². The molecule has 0 amide bonds. The van der Waals surface area contributed by atoms with Gasteiger partial charge in [0, 0.05) is 34.9 Å². The monoisotopic (exact) mass is 330 g/mol. The molecule has 0 bridgehead atoms. The first-order valence-electron chi connectivity index (χ1n) is 7.55. The molecule has 4 nitrogen and oxygen atoms in total. The molecular formula is C17H19FN4S. The molecule has 0 saturated heterocycles. The zero-order valence-corrected chi connectivity index (χ0v) is 14.2. The lowest BCUT2D eigenvalue weighted by Gasteiger charge is -2.15. The molecule has 2 heterocycles. The van der Waals surface area contributed by atoms with Crippen molar-refractivity contribution in [2.45, 2.75) is 20.8 Å². The summed E-state index contributed by atoms with van der Waals surface area (Å²) in [5, 5.41) is 5.33. The van der Waals surface area contributed by atoms with Gasteiger partial charge in [0.2, 0.25) is 0 Å². The zero-order chi connectivity index (χ0) is 16.4. The zero-order valence-electron chi connectivity index (χ0n) is 13.4. The van der Waals surface area contributed by atoms with Gasteiger partial charge in [-0.15, -0.1) is 0 Å². The Bertz CT molecular complexity index is 775. The maximum Gasteiger partial charge on any atom is 0.177 e. The standard InChI is InChI=1S/C17H19FN4S/c1-4-19-17-21-20-16(10-23-17)15-9-11(2)22(12(15)3)14-7-5-13(18)6-8-14/h5-9H,4,10H2,1-3H3,(H,19,21). The SMILES string of the molecule is CCN=C1NN=C(c2cc(C)n(-c3ccc(F)cc3)c2C)CS1. The maximum atomic E-state index is 13.1. The van der Waals surface area contributed by atoms with Crippen LogP contribution in [0, 0.1) is 19.7 Å². The van der Waals surface area contributed by atoms with E-state index in [0.717, 1.165) is 45.8 Å². The van der Waals surface area contributed by atoms with Gasteiger partial charge in [-0.3, -0.25) is 10.4 Å². The summed E-state index contributed by atoms with van der Waals surface area (Å²) >= 11 is 1.66. The van der Waals surface area contributed by atoms with Crippen molar-refractivity contribution in [2.24, 2.45) is 10.1 Å². The summed E-state index contributed by atoms with van der Waals surface area (Å²) in [5.41, 5.74) is 8.29. The lowest BCUT2D eigenvalue weighted by Crippen LogP contribution is -2.25. The number of aryl methyl sites for hydroxylation is 1. The van der Waals surface area contributed by atoms with Gasteiger partial charge in [0.25, 0.3) is 0 Å². The molecule has 23 heavy (non-hydrogen) atoms. The Labute approximate surface area is 139 Å². The molecule has 1 aliphatic rings. The average molecular weight is 330 g/mol. The van der Waals surface area contributed by atoms with Gasteiger partial charge in [-0.1, -0.05) is 11.8 Å². The van der Waals surface area contributed by atoms with E-state index >= 15 is 0 Å². The van der Waals surface area contributed by atoms with Crippen LogP contribution in [0.5, 0.6) is 0 Å². The van der Waals surface area contributed by atoms with Crippen molar-refractivity contribution in [3.63, 3.8) is 0 Å².